The number of carboxylic acid groups (broad SMARTS) is 1. The lowest BCUT2D eigenvalue weighted by Crippen LogP contribution is -2.16. The smallest absolute Gasteiger partial charge is 0.309 e. The molecule has 0 aliphatic heterocycles. The number of carbonyl (C=O) groups is 1. The topological polar surface area (TPSA) is 67.5 Å². The highest BCUT2D eigenvalue weighted by molar-refractivity contribution is 5.69. The number of aromatic nitrogens is 3. The van der Waals surface area contributed by atoms with Crippen LogP contribution in [0.15, 0.2) is 18.3 Å². The Morgan fingerprint density at radius 1 is 1.41 bits per heavy atom. The minimum Gasteiger partial charge on any atom is -0.481 e. The molecular formula is C12H15N3O2. The Hall–Kier alpha value is -1.91. The molecule has 2 heterocycles. The highest BCUT2D eigenvalue weighted by atomic mass is 16.4. The average molecular weight is 233 g/mol. The van der Waals surface area contributed by atoms with E-state index in [2.05, 4.69) is 30.9 Å². The van der Waals surface area contributed by atoms with Crippen LogP contribution in [0, 0.1) is 0 Å². The maximum absolute atomic E-state index is 10.7. The van der Waals surface area contributed by atoms with E-state index in [1.165, 1.54) is 0 Å². The van der Waals surface area contributed by atoms with Gasteiger partial charge in [-0.05, 0) is 12.1 Å². The Labute approximate surface area is 99.1 Å². The molecule has 0 spiro atoms. The van der Waals surface area contributed by atoms with Crippen LogP contribution >= 0.6 is 0 Å². The van der Waals surface area contributed by atoms with Gasteiger partial charge in [-0.3, -0.25) is 4.79 Å². The molecule has 0 amide bonds. The van der Waals surface area contributed by atoms with Gasteiger partial charge >= 0.3 is 5.97 Å². The van der Waals surface area contributed by atoms with Crippen molar-refractivity contribution >= 4 is 11.6 Å². The van der Waals surface area contributed by atoms with E-state index >= 15 is 0 Å². The Balaban J connectivity index is 2.54. The maximum Gasteiger partial charge on any atom is 0.309 e. The van der Waals surface area contributed by atoms with Gasteiger partial charge in [0.15, 0.2) is 5.65 Å². The fourth-order valence-electron chi connectivity index (χ4n) is 1.60. The first kappa shape index (κ1) is 11.6. The molecule has 0 radical (unpaired) electrons. The van der Waals surface area contributed by atoms with Crippen LogP contribution in [-0.4, -0.2) is 25.7 Å². The van der Waals surface area contributed by atoms with Crippen molar-refractivity contribution in [2.45, 2.75) is 32.6 Å². The van der Waals surface area contributed by atoms with Gasteiger partial charge in [-0.1, -0.05) is 20.8 Å². The average Bonchev–Trinajstić information content (AvgIpc) is 2.59. The Bertz CT molecular complexity index is 567. The van der Waals surface area contributed by atoms with Crippen LogP contribution in [0.5, 0.6) is 0 Å². The summed E-state index contributed by atoms with van der Waals surface area (Å²) in [5, 5.41) is 13.3. The minimum absolute atomic E-state index is 0.0677. The summed E-state index contributed by atoms with van der Waals surface area (Å²) in [7, 11) is 0. The Kier molecular flexibility index (Phi) is 2.61. The molecule has 0 atom stereocenters. The second-order valence-corrected chi connectivity index (χ2v) is 5.06. The number of hydrogen-bond acceptors (Lipinski definition) is 3. The number of fused-ring (bicyclic) bond motifs is 1. The van der Waals surface area contributed by atoms with E-state index in [4.69, 9.17) is 5.11 Å². The van der Waals surface area contributed by atoms with Gasteiger partial charge in [-0.25, -0.2) is 9.50 Å². The lowest BCUT2D eigenvalue weighted by molar-refractivity contribution is -0.136. The lowest BCUT2D eigenvalue weighted by Gasteiger charge is -2.17. The first-order chi connectivity index (χ1) is 7.88. The summed E-state index contributed by atoms with van der Waals surface area (Å²) < 4.78 is 1.61. The second kappa shape index (κ2) is 3.84. The third-order valence-corrected chi connectivity index (χ3v) is 2.53. The molecular weight excluding hydrogens is 218 g/mol. The predicted molar refractivity (Wildman–Crippen MR) is 63.0 cm³/mol. The Morgan fingerprint density at radius 3 is 2.71 bits per heavy atom. The summed E-state index contributed by atoms with van der Waals surface area (Å²) in [6, 6.07) is 3.78. The summed E-state index contributed by atoms with van der Waals surface area (Å²) in [5.74, 6) is -0.880. The molecule has 0 aliphatic rings. The fraction of sp³-hybridized carbons (Fsp3) is 0.417. The summed E-state index contributed by atoms with van der Waals surface area (Å²) in [4.78, 5) is 14.9. The van der Waals surface area contributed by atoms with Gasteiger partial charge in [0.2, 0.25) is 0 Å². The van der Waals surface area contributed by atoms with Crippen molar-refractivity contribution in [3.63, 3.8) is 0 Å². The van der Waals surface area contributed by atoms with Crippen molar-refractivity contribution < 1.29 is 9.90 Å². The van der Waals surface area contributed by atoms with Crippen molar-refractivity contribution in [1.29, 1.82) is 0 Å². The minimum atomic E-state index is -0.880. The standard InChI is InChI=1S/C12H15N3O2/c1-12(2,3)9-4-5-10-13-7-8(6-11(16)17)15(10)14-9/h4-5,7H,6H2,1-3H3,(H,16,17). The summed E-state index contributed by atoms with van der Waals surface area (Å²) in [6.45, 7) is 6.19. The van der Waals surface area contributed by atoms with Crippen molar-refractivity contribution in [3.8, 4) is 0 Å². The Morgan fingerprint density at radius 2 is 2.12 bits per heavy atom. The highest BCUT2D eigenvalue weighted by Gasteiger charge is 2.17. The maximum atomic E-state index is 10.7. The van der Waals surface area contributed by atoms with Crippen molar-refractivity contribution in [3.05, 3.63) is 29.7 Å². The van der Waals surface area contributed by atoms with E-state index in [9.17, 15) is 4.79 Å². The van der Waals surface area contributed by atoms with Crippen LogP contribution in [0.25, 0.3) is 5.65 Å². The van der Waals surface area contributed by atoms with E-state index in [1.807, 2.05) is 12.1 Å². The largest absolute Gasteiger partial charge is 0.481 e. The number of nitrogens with zero attached hydrogens (tertiary/aromatic N) is 3. The van der Waals surface area contributed by atoms with E-state index in [-0.39, 0.29) is 11.8 Å². The quantitative estimate of drug-likeness (QED) is 0.856. The summed E-state index contributed by atoms with van der Waals surface area (Å²) in [5.41, 5.74) is 2.11. The van der Waals surface area contributed by atoms with Crippen LogP contribution in [0.3, 0.4) is 0 Å². The van der Waals surface area contributed by atoms with Gasteiger partial charge in [-0.15, -0.1) is 0 Å². The molecule has 0 aromatic carbocycles. The van der Waals surface area contributed by atoms with Crippen LogP contribution in [0.2, 0.25) is 0 Å². The zero-order valence-electron chi connectivity index (χ0n) is 10.1. The number of rotatable bonds is 2. The molecule has 0 unspecified atom stereocenters. The number of hydrogen-bond donors (Lipinski definition) is 1. The van der Waals surface area contributed by atoms with Crippen LogP contribution < -0.4 is 0 Å². The van der Waals surface area contributed by atoms with E-state index in [0.29, 0.717) is 11.3 Å². The molecule has 0 saturated heterocycles. The molecule has 2 aromatic heterocycles. The molecule has 2 aromatic rings. The van der Waals surface area contributed by atoms with Gasteiger partial charge in [0, 0.05) is 5.41 Å². The third kappa shape index (κ3) is 2.27. The SMILES string of the molecule is CC(C)(C)c1ccc2ncc(CC(=O)O)n2n1. The predicted octanol–water partition coefficient (Wildman–Crippen LogP) is 1.65. The number of carboxylic acids is 1. The molecule has 2 rings (SSSR count). The van der Waals surface area contributed by atoms with Crippen LogP contribution in [-0.2, 0) is 16.6 Å². The van der Waals surface area contributed by atoms with Gasteiger partial charge in [0.05, 0.1) is 24.0 Å². The summed E-state index contributed by atoms with van der Waals surface area (Å²) in [6.07, 6.45) is 1.49. The first-order valence-corrected chi connectivity index (χ1v) is 5.44. The number of aliphatic carboxylic acids is 1. The second-order valence-electron chi connectivity index (χ2n) is 5.06. The van der Waals surface area contributed by atoms with Gasteiger partial charge < -0.3 is 5.11 Å². The first-order valence-electron chi connectivity index (χ1n) is 5.44. The molecule has 0 bridgehead atoms. The van der Waals surface area contributed by atoms with Gasteiger partial charge in [0.1, 0.15) is 0 Å². The molecule has 0 saturated carbocycles. The third-order valence-electron chi connectivity index (χ3n) is 2.53. The van der Waals surface area contributed by atoms with E-state index < -0.39 is 5.97 Å². The van der Waals surface area contributed by atoms with Crippen molar-refractivity contribution in [2.24, 2.45) is 0 Å². The van der Waals surface area contributed by atoms with Crippen LogP contribution in [0.1, 0.15) is 32.2 Å². The molecule has 1 N–H and O–H groups in total. The zero-order valence-corrected chi connectivity index (χ0v) is 10.1. The van der Waals surface area contributed by atoms with E-state index in [1.54, 1.807) is 10.7 Å². The normalized spacial score (nSPS) is 11.9. The lowest BCUT2D eigenvalue weighted by atomic mass is 9.92. The molecule has 5 heteroatoms. The molecule has 0 fully saturated rings. The van der Waals surface area contributed by atoms with Crippen molar-refractivity contribution in [1.82, 2.24) is 14.6 Å². The van der Waals surface area contributed by atoms with Crippen molar-refractivity contribution in [2.75, 3.05) is 0 Å². The number of imidazole rings is 1. The molecule has 5 nitrogen and oxygen atoms in total. The fourth-order valence-corrected chi connectivity index (χ4v) is 1.60. The molecule has 0 aliphatic carbocycles. The molecule has 90 valence electrons. The summed E-state index contributed by atoms with van der Waals surface area (Å²) >= 11 is 0. The van der Waals surface area contributed by atoms with Crippen LogP contribution in [0.4, 0.5) is 0 Å². The monoisotopic (exact) mass is 233 g/mol. The van der Waals surface area contributed by atoms with E-state index in [0.717, 1.165) is 5.69 Å². The van der Waals surface area contributed by atoms with Gasteiger partial charge in [-0.2, -0.15) is 5.10 Å². The zero-order chi connectivity index (χ0) is 12.6. The molecule has 17 heavy (non-hydrogen) atoms. The van der Waals surface area contributed by atoms with Gasteiger partial charge in [0.25, 0.3) is 0 Å². The highest BCUT2D eigenvalue weighted by Crippen LogP contribution is 2.20.